The van der Waals surface area contributed by atoms with Gasteiger partial charge in [-0.3, -0.25) is 4.68 Å². The fourth-order valence-corrected chi connectivity index (χ4v) is 2.78. The summed E-state index contributed by atoms with van der Waals surface area (Å²) in [5.41, 5.74) is 8.66. The highest BCUT2D eigenvalue weighted by molar-refractivity contribution is 5.68. The first-order chi connectivity index (χ1) is 9.89. The van der Waals surface area contributed by atoms with Crippen LogP contribution in [-0.4, -0.2) is 32.9 Å². The van der Waals surface area contributed by atoms with E-state index in [1.165, 1.54) is 18.5 Å². The molecule has 1 aliphatic heterocycles. The van der Waals surface area contributed by atoms with Crippen LogP contribution in [-0.2, 0) is 24.2 Å². The molecule has 0 aromatic carbocycles. The zero-order valence-corrected chi connectivity index (χ0v) is 13.1. The smallest absolute Gasteiger partial charge is 0.410 e. The quantitative estimate of drug-likeness (QED) is 0.904. The molecule has 1 aliphatic carbocycles. The second-order valence-electron chi connectivity index (χ2n) is 6.90. The van der Waals surface area contributed by atoms with Crippen molar-refractivity contribution in [2.75, 3.05) is 6.54 Å². The number of nitrogens with zero attached hydrogens (tertiary/aromatic N) is 3. The molecule has 0 saturated heterocycles. The summed E-state index contributed by atoms with van der Waals surface area (Å²) >= 11 is 0. The molecule has 2 heterocycles. The summed E-state index contributed by atoms with van der Waals surface area (Å²) in [5, 5.41) is 4.65. The Morgan fingerprint density at radius 3 is 2.71 bits per heavy atom. The highest BCUT2D eigenvalue weighted by Crippen LogP contribution is 2.38. The SMILES string of the molecule is CC(C)(C)OC(=O)N1CCc2c(c(CN)nn2C2CC2)C1. The van der Waals surface area contributed by atoms with Gasteiger partial charge in [-0.2, -0.15) is 5.10 Å². The molecule has 0 radical (unpaired) electrons. The molecule has 0 spiro atoms. The Kier molecular flexibility index (Phi) is 3.43. The standard InChI is InChI=1S/C15H24N4O2/c1-15(2,3)21-14(20)18-7-6-13-11(9-18)12(8-16)17-19(13)10-4-5-10/h10H,4-9,16H2,1-3H3. The lowest BCUT2D eigenvalue weighted by molar-refractivity contribution is 0.0222. The molecule has 21 heavy (non-hydrogen) atoms. The number of rotatable bonds is 2. The molecule has 0 atom stereocenters. The van der Waals surface area contributed by atoms with Crippen molar-refractivity contribution >= 4 is 6.09 Å². The minimum Gasteiger partial charge on any atom is -0.444 e. The van der Waals surface area contributed by atoms with Crippen molar-refractivity contribution in [2.24, 2.45) is 5.73 Å². The van der Waals surface area contributed by atoms with Gasteiger partial charge in [-0.1, -0.05) is 0 Å². The molecule has 2 N–H and O–H groups in total. The fraction of sp³-hybridized carbons (Fsp3) is 0.733. The van der Waals surface area contributed by atoms with Gasteiger partial charge >= 0.3 is 6.09 Å². The Bertz CT molecular complexity index is 555. The normalized spacial score (nSPS) is 18.6. The highest BCUT2D eigenvalue weighted by Gasteiger charge is 2.34. The van der Waals surface area contributed by atoms with E-state index in [2.05, 4.69) is 9.78 Å². The van der Waals surface area contributed by atoms with Gasteiger partial charge in [0.15, 0.2) is 0 Å². The zero-order chi connectivity index (χ0) is 15.2. The van der Waals surface area contributed by atoms with Gasteiger partial charge < -0.3 is 15.4 Å². The molecule has 1 amide bonds. The van der Waals surface area contributed by atoms with Crippen LogP contribution in [0.15, 0.2) is 0 Å². The van der Waals surface area contributed by atoms with E-state index in [1.807, 2.05) is 20.8 Å². The molecule has 1 aromatic rings. The average Bonchev–Trinajstić information content (AvgIpc) is 3.17. The summed E-state index contributed by atoms with van der Waals surface area (Å²) in [7, 11) is 0. The number of aromatic nitrogens is 2. The largest absolute Gasteiger partial charge is 0.444 e. The minimum atomic E-state index is -0.466. The lowest BCUT2D eigenvalue weighted by Crippen LogP contribution is -2.40. The Balaban J connectivity index is 1.80. The van der Waals surface area contributed by atoms with Crippen LogP contribution in [0.4, 0.5) is 4.79 Å². The van der Waals surface area contributed by atoms with Gasteiger partial charge in [-0.25, -0.2) is 4.79 Å². The summed E-state index contributed by atoms with van der Waals surface area (Å²) in [5.74, 6) is 0. The number of hydrogen-bond donors (Lipinski definition) is 1. The minimum absolute atomic E-state index is 0.254. The Labute approximate surface area is 125 Å². The van der Waals surface area contributed by atoms with E-state index in [1.54, 1.807) is 4.90 Å². The first kappa shape index (κ1) is 14.4. The van der Waals surface area contributed by atoms with E-state index in [4.69, 9.17) is 10.5 Å². The van der Waals surface area contributed by atoms with Crippen molar-refractivity contribution < 1.29 is 9.53 Å². The van der Waals surface area contributed by atoms with Crippen LogP contribution in [0.2, 0.25) is 0 Å². The van der Waals surface area contributed by atoms with Crippen LogP contribution >= 0.6 is 0 Å². The second-order valence-corrected chi connectivity index (χ2v) is 6.90. The number of nitrogens with two attached hydrogens (primary N) is 1. The topological polar surface area (TPSA) is 73.4 Å². The molecule has 1 saturated carbocycles. The van der Waals surface area contributed by atoms with E-state index >= 15 is 0 Å². The highest BCUT2D eigenvalue weighted by atomic mass is 16.6. The van der Waals surface area contributed by atoms with Crippen LogP contribution < -0.4 is 5.73 Å². The summed E-state index contributed by atoms with van der Waals surface area (Å²) in [6, 6.07) is 0.548. The molecule has 6 heteroatoms. The molecule has 0 unspecified atom stereocenters. The zero-order valence-electron chi connectivity index (χ0n) is 13.1. The molecule has 6 nitrogen and oxygen atoms in total. The average molecular weight is 292 g/mol. The van der Waals surface area contributed by atoms with Gasteiger partial charge in [0.25, 0.3) is 0 Å². The molecule has 3 rings (SSSR count). The molecule has 1 aromatic heterocycles. The van der Waals surface area contributed by atoms with Crippen LogP contribution in [0.3, 0.4) is 0 Å². The Hall–Kier alpha value is -1.56. The second kappa shape index (κ2) is 5.02. The van der Waals surface area contributed by atoms with Crippen LogP contribution in [0.25, 0.3) is 0 Å². The van der Waals surface area contributed by atoms with Crippen LogP contribution in [0.5, 0.6) is 0 Å². The van der Waals surface area contributed by atoms with Crippen molar-refractivity contribution in [3.05, 3.63) is 17.0 Å². The third-order valence-electron chi connectivity index (χ3n) is 3.91. The number of fused-ring (bicyclic) bond motifs is 1. The monoisotopic (exact) mass is 292 g/mol. The number of carbonyl (C=O) groups is 1. The Morgan fingerprint density at radius 2 is 2.14 bits per heavy atom. The first-order valence-electron chi connectivity index (χ1n) is 7.66. The number of carbonyl (C=O) groups excluding carboxylic acids is 1. The maximum atomic E-state index is 12.2. The van der Waals surface area contributed by atoms with Crippen molar-refractivity contribution in [3.63, 3.8) is 0 Å². The third-order valence-corrected chi connectivity index (χ3v) is 3.91. The predicted molar refractivity (Wildman–Crippen MR) is 78.7 cm³/mol. The van der Waals surface area contributed by atoms with Crippen molar-refractivity contribution in [1.82, 2.24) is 14.7 Å². The van der Waals surface area contributed by atoms with Crippen LogP contribution in [0.1, 0.15) is 56.6 Å². The molecule has 1 fully saturated rings. The third kappa shape index (κ3) is 2.90. The maximum absolute atomic E-state index is 12.2. The van der Waals surface area contributed by atoms with Gasteiger partial charge in [-0.15, -0.1) is 0 Å². The lowest BCUT2D eigenvalue weighted by atomic mass is 10.1. The summed E-state index contributed by atoms with van der Waals surface area (Å²) in [4.78, 5) is 14.0. The first-order valence-corrected chi connectivity index (χ1v) is 7.66. The van der Waals surface area contributed by atoms with Crippen molar-refractivity contribution in [3.8, 4) is 0 Å². The molecular weight excluding hydrogens is 268 g/mol. The van der Waals surface area contributed by atoms with E-state index in [-0.39, 0.29) is 6.09 Å². The van der Waals surface area contributed by atoms with Crippen molar-refractivity contribution in [2.45, 2.75) is 64.8 Å². The predicted octanol–water partition coefficient (Wildman–Crippen LogP) is 1.97. The van der Waals surface area contributed by atoms with E-state index in [0.717, 1.165) is 17.7 Å². The summed E-state index contributed by atoms with van der Waals surface area (Å²) in [6.07, 6.45) is 2.98. The maximum Gasteiger partial charge on any atom is 0.410 e. The molecule has 116 valence electrons. The molecule has 2 aliphatic rings. The van der Waals surface area contributed by atoms with E-state index < -0.39 is 5.60 Å². The Morgan fingerprint density at radius 1 is 1.43 bits per heavy atom. The number of hydrogen-bond acceptors (Lipinski definition) is 4. The van der Waals surface area contributed by atoms with Gasteiger partial charge in [0.1, 0.15) is 5.60 Å². The number of ether oxygens (including phenoxy) is 1. The summed E-state index contributed by atoms with van der Waals surface area (Å²) in [6.45, 7) is 7.32. The summed E-state index contributed by atoms with van der Waals surface area (Å²) < 4.78 is 7.60. The van der Waals surface area contributed by atoms with Crippen LogP contribution in [0, 0.1) is 0 Å². The fourth-order valence-electron chi connectivity index (χ4n) is 2.78. The number of amides is 1. The van der Waals surface area contributed by atoms with E-state index in [9.17, 15) is 4.79 Å². The molecule has 0 bridgehead atoms. The molecular formula is C15H24N4O2. The lowest BCUT2D eigenvalue weighted by Gasteiger charge is -2.30. The van der Waals surface area contributed by atoms with Gasteiger partial charge in [0.2, 0.25) is 0 Å². The van der Waals surface area contributed by atoms with Gasteiger partial charge in [0.05, 0.1) is 18.3 Å². The van der Waals surface area contributed by atoms with E-state index in [0.29, 0.717) is 25.7 Å². The van der Waals surface area contributed by atoms with Crippen molar-refractivity contribution in [1.29, 1.82) is 0 Å². The van der Waals surface area contributed by atoms with Gasteiger partial charge in [-0.05, 0) is 33.6 Å². The van der Waals surface area contributed by atoms with Gasteiger partial charge in [0, 0.05) is 30.8 Å².